The number of nitrogens with zero attached hydrogens (tertiary/aromatic N) is 1. The number of furan rings is 2. The lowest BCUT2D eigenvalue weighted by Gasteiger charge is -2.40. The average Bonchev–Trinajstić information content (AvgIpc) is 1.49. The maximum Gasteiger partial charge on any atom is 0.144 e. The van der Waals surface area contributed by atoms with E-state index in [0.717, 1.165) is 64.8 Å². The van der Waals surface area contributed by atoms with E-state index in [-0.39, 0.29) is 10.8 Å². The third-order valence-electron chi connectivity index (χ3n) is 29.6. The van der Waals surface area contributed by atoms with Crippen LogP contribution in [-0.4, -0.2) is 0 Å². The zero-order valence-electron chi connectivity index (χ0n) is 69.9. The third-order valence-corrected chi connectivity index (χ3v) is 29.6. The van der Waals surface area contributed by atoms with E-state index in [9.17, 15) is 0 Å². The fourth-order valence-electron chi connectivity index (χ4n) is 24.7. The Morgan fingerprint density at radius 2 is 0.639 bits per heavy atom. The Hall–Kier alpha value is -11.5. The smallest absolute Gasteiger partial charge is 0.144 e. The van der Waals surface area contributed by atoms with Gasteiger partial charge in [-0.25, -0.2) is 0 Å². The molecule has 0 atom stereocenters. The molecule has 0 amide bonds. The van der Waals surface area contributed by atoms with Gasteiger partial charge in [0, 0.05) is 54.9 Å². The summed E-state index contributed by atoms with van der Waals surface area (Å²) in [4.78, 5) is 2.72. The monoisotopic (exact) mass is 1550 g/mol. The van der Waals surface area contributed by atoms with Crippen molar-refractivity contribution in [2.24, 2.45) is 0 Å². The molecule has 6 aliphatic carbocycles. The summed E-state index contributed by atoms with van der Waals surface area (Å²) in [5.41, 5.74) is 40.9. The SMILES string of the molecule is CCCCCCCC1(CCCCCCC)c2ccccc2-c2c1c1c(c3c2oc2ccccc23)-c2ccc(N(c3ccc4c(c3)C3(c5ccccc5-c5ccccc53)c3cc5c(cc3-4)C3(c4ccccc4-c4ccccc43)c3ccc4oc6ccccc6c4c3-5)c3ccccc3-c3ccccc3)cc2C1(CCCCCCC)CCCCCCC. The molecule has 2 heterocycles. The summed E-state index contributed by atoms with van der Waals surface area (Å²) < 4.78 is 14.7. The summed E-state index contributed by atoms with van der Waals surface area (Å²) in [5, 5.41) is 4.89. The first-order valence-electron chi connectivity index (χ1n) is 45.8. The van der Waals surface area contributed by atoms with Crippen molar-refractivity contribution in [1.29, 1.82) is 0 Å². The van der Waals surface area contributed by atoms with Crippen molar-refractivity contribution in [1.82, 2.24) is 0 Å². The zero-order chi connectivity index (χ0) is 79.6. The topological polar surface area (TPSA) is 29.5 Å². The summed E-state index contributed by atoms with van der Waals surface area (Å²) in [6, 6.07) is 112. The van der Waals surface area contributed by atoms with Crippen LogP contribution in [0.2, 0.25) is 0 Å². The minimum Gasteiger partial charge on any atom is -0.456 e. The molecule has 119 heavy (non-hydrogen) atoms. The molecule has 0 unspecified atom stereocenters. The number of rotatable bonds is 28. The number of para-hydroxylation sites is 3. The first-order chi connectivity index (χ1) is 58.9. The molecule has 2 spiro atoms. The summed E-state index contributed by atoms with van der Waals surface area (Å²) in [7, 11) is 0. The van der Waals surface area contributed by atoms with Gasteiger partial charge in [0.1, 0.15) is 22.3 Å². The summed E-state index contributed by atoms with van der Waals surface area (Å²) in [5.74, 6) is 0. The fraction of sp³-hybridized carbons (Fsp3) is 0.276. The number of fused-ring (bicyclic) bond motifs is 36. The number of benzene rings is 14. The van der Waals surface area contributed by atoms with Gasteiger partial charge in [-0.15, -0.1) is 0 Å². The van der Waals surface area contributed by atoms with E-state index in [1.54, 1.807) is 16.7 Å². The molecule has 0 radical (unpaired) electrons. The molecule has 22 rings (SSSR count). The van der Waals surface area contributed by atoms with Crippen LogP contribution in [0.3, 0.4) is 0 Å². The van der Waals surface area contributed by atoms with Crippen molar-refractivity contribution in [3.63, 3.8) is 0 Å². The maximum atomic E-state index is 7.70. The lowest BCUT2D eigenvalue weighted by molar-refractivity contribution is 0.369. The van der Waals surface area contributed by atoms with Crippen LogP contribution in [0.15, 0.2) is 294 Å². The van der Waals surface area contributed by atoms with Gasteiger partial charge in [-0.05, 0) is 220 Å². The third kappa shape index (κ3) is 10.8. The summed E-state index contributed by atoms with van der Waals surface area (Å²) in [6.07, 6.45) is 29.3. The second kappa shape index (κ2) is 29.8. The van der Waals surface area contributed by atoms with E-state index in [4.69, 9.17) is 8.83 Å². The van der Waals surface area contributed by atoms with E-state index in [1.807, 2.05) is 0 Å². The van der Waals surface area contributed by atoms with Gasteiger partial charge in [0.05, 0.1) is 16.5 Å². The van der Waals surface area contributed by atoms with Crippen molar-refractivity contribution in [3.05, 3.63) is 352 Å². The molecule has 16 aromatic rings. The summed E-state index contributed by atoms with van der Waals surface area (Å²) >= 11 is 0. The van der Waals surface area contributed by atoms with E-state index >= 15 is 0 Å². The molecule has 6 aliphatic rings. The number of hydrogen-bond donors (Lipinski definition) is 0. The molecule has 3 nitrogen and oxygen atoms in total. The van der Waals surface area contributed by atoms with Gasteiger partial charge < -0.3 is 13.7 Å². The van der Waals surface area contributed by atoms with Crippen LogP contribution in [0.25, 0.3) is 122 Å². The minimum atomic E-state index is -0.721. The second-order valence-corrected chi connectivity index (χ2v) is 35.9. The molecule has 14 aromatic carbocycles. The highest BCUT2D eigenvalue weighted by Gasteiger charge is 2.59. The predicted octanol–water partition coefficient (Wildman–Crippen LogP) is 33.3. The zero-order valence-corrected chi connectivity index (χ0v) is 69.9. The van der Waals surface area contributed by atoms with Crippen LogP contribution >= 0.6 is 0 Å². The van der Waals surface area contributed by atoms with Crippen molar-refractivity contribution in [2.45, 2.75) is 203 Å². The van der Waals surface area contributed by atoms with Gasteiger partial charge in [-0.2, -0.15) is 0 Å². The molecule has 0 saturated heterocycles. The predicted molar refractivity (Wildman–Crippen MR) is 500 cm³/mol. The molecular weight excluding hydrogens is 1440 g/mol. The van der Waals surface area contributed by atoms with Crippen LogP contribution in [0.4, 0.5) is 17.1 Å². The molecular formula is C116H107NO2. The Morgan fingerprint density at radius 1 is 0.244 bits per heavy atom. The van der Waals surface area contributed by atoms with Gasteiger partial charge in [-0.3, -0.25) is 0 Å². The standard InChI is InChI=1S/C116H107NO2/c1-5-9-13-17-40-68-113(69-41-18-14-10-6-2)91-54-32-28-51-85(91)109-111(113)110-107(108-88-53-31-39-61-103(88)119-112(108)109)86-65-63-77(72-97(86)114(110,70-42-19-15-11-7-3)71-43-20-16-12-8-4)117(101-59-37-29-46-79(101)76-44-22-21-23-45-76)78-62-64-84-89-74-100-90(75-99(89)116(98(84)73-78)94-57-35-26-49-82(94)83-50-27-36-58-95(83)116)105-96(66-67-104-106(105)87-52-30-38-60-102(87)118-104)115(100)92-55-33-24-47-80(92)81-48-25-34-56-93(81)115/h21-39,44-67,72-75H,5-20,40-43,68-71H2,1-4H3. The van der Waals surface area contributed by atoms with Gasteiger partial charge in [0.2, 0.25) is 0 Å². The molecule has 3 heteroatoms. The molecule has 0 saturated carbocycles. The van der Waals surface area contributed by atoms with Crippen LogP contribution in [0.1, 0.15) is 249 Å². The lowest BCUT2D eigenvalue weighted by atomic mass is 9.62. The Balaban J connectivity index is 0.823. The highest BCUT2D eigenvalue weighted by atomic mass is 16.3. The van der Waals surface area contributed by atoms with Gasteiger partial charge in [0.25, 0.3) is 0 Å². The number of hydrogen-bond acceptors (Lipinski definition) is 3. The quantitative estimate of drug-likeness (QED) is 0.0458. The van der Waals surface area contributed by atoms with Crippen LogP contribution < -0.4 is 4.90 Å². The van der Waals surface area contributed by atoms with Crippen LogP contribution in [-0.2, 0) is 21.7 Å². The Morgan fingerprint density at radius 3 is 1.20 bits per heavy atom. The Bertz CT molecular complexity index is 6550. The second-order valence-electron chi connectivity index (χ2n) is 35.9. The van der Waals surface area contributed by atoms with Crippen molar-refractivity contribution in [3.8, 4) is 77.9 Å². The maximum absolute atomic E-state index is 7.70. The molecule has 0 aliphatic heterocycles. The van der Waals surface area contributed by atoms with Crippen molar-refractivity contribution in [2.75, 3.05) is 4.90 Å². The molecule has 0 N–H and O–H groups in total. The van der Waals surface area contributed by atoms with E-state index in [0.29, 0.717) is 0 Å². The van der Waals surface area contributed by atoms with Gasteiger partial charge in [-0.1, -0.05) is 381 Å². The molecule has 588 valence electrons. The molecule has 2 aromatic heterocycles. The Kier molecular flexibility index (Phi) is 18.5. The molecule has 0 bridgehead atoms. The normalized spacial score (nSPS) is 14.8. The minimum absolute atomic E-state index is 0.200. The van der Waals surface area contributed by atoms with Crippen LogP contribution in [0, 0.1) is 0 Å². The number of anilines is 3. The van der Waals surface area contributed by atoms with Crippen LogP contribution in [0.5, 0.6) is 0 Å². The fourth-order valence-corrected chi connectivity index (χ4v) is 24.7. The Labute approximate surface area is 703 Å². The first kappa shape index (κ1) is 73.8. The van der Waals surface area contributed by atoms with E-state index < -0.39 is 10.8 Å². The molecule has 0 fully saturated rings. The highest BCUT2D eigenvalue weighted by molar-refractivity contribution is 6.22. The van der Waals surface area contributed by atoms with E-state index in [1.165, 1.54) is 278 Å². The van der Waals surface area contributed by atoms with Crippen molar-refractivity contribution >= 4 is 60.9 Å². The largest absolute Gasteiger partial charge is 0.456 e. The van der Waals surface area contributed by atoms with Gasteiger partial charge in [0.15, 0.2) is 0 Å². The number of unbranched alkanes of at least 4 members (excludes halogenated alkanes) is 16. The summed E-state index contributed by atoms with van der Waals surface area (Å²) in [6.45, 7) is 9.52. The first-order valence-corrected chi connectivity index (χ1v) is 45.8. The van der Waals surface area contributed by atoms with Crippen molar-refractivity contribution < 1.29 is 8.83 Å². The van der Waals surface area contributed by atoms with Gasteiger partial charge >= 0.3 is 0 Å². The highest BCUT2D eigenvalue weighted by Crippen LogP contribution is 2.72. The average molecular weight is 1550 g/mol. The lowest BCUT2D eigenvalue weighted by Crippen LogP contribution is -2.33. The van der Waals surface area contributed by atoms with E-state index in [2.05, 4.69) is 318 Å².